The summed E-state index contributed by atoms with van der Waals surface area (Å²) < 4.78 is 0. The van der Waals surface area contributed by atoms with Crippen LogP contribution in [0.3, 0.4) is 0 Å². The van der Waals surface area contributed by atoms with Crippen molar-refractivity contribution in [3.05, 3.63) is 0 Å². The number of nitrogens with zero attached hydrogens (tertiary/aromatic N) is 2. The summed E-state index contributed by atoms with van der Waals surface area (Å²) in [6.07, 6.45) is -2.68. The molecule has 0 aromatic heterocycles. The fourth-order valence-electron chi connectivity index (χ4n) is 4.07. The maximum Gasteiger partial charge on any atom is 0.405 e. The van der Waals surface area contributed by atoms with Gasteiger partial charge in [0.15, 0.2) is 0 Å². The quantitative estimate of drug-likeness (QED) is 0.224. The second kappa shape index (κ2) is 10.6. The van der Waals surface area contributed by atoms with E-state index in [4.69, 9.17) is 10.8 Å². The number of rotatable bonds is 8. The molecule has 0 aromatic rings. The number of nitrogens with one attached hydrogen (secondary N) is 2. The van der Waals surface area contributed by atoms with Crippen molar-refractivity contribution in [2.45, 2.75) is 63.4 Å². The number of primary amides is 1. The lowest BCUT2D eigenvalue weighted by atomic mass is 10.1. The number of amides is 5. The topological polar surface area (TPSA) is 203 Å². The van der Waals surface area contributed by atoms with Crippen LogP contribution in [0.4, 0.5) is 4.79 Å². The molecule has 5 amide bonds. The zero-order valence-corrected chi connectivity index (χ0v) is 18.1. The smallest absolute Gasteiger partial charge is 0.405 e. The van der Waals surface area contributed by atoms with Gasteiger partial charge in [-0.05, 0) is 33.1 Å². The van der Waals surface area contributed by atoms with Gasteiger partial charge in [0.25, 0.3) is 0 Å². The molecular weight excluding hydrogens is 426 g/mol. The summed E-state index contributed by atoms with van der Waals surface area (Å²) in [4.78, 5) is 63.4. The van der Waals surface area contributed by atoms with Crippen molar-refractivity contribution in [1.82, 2.24) is 20.4 Å². The Bertz CT molecular complexity index is 758. The Balaban J connectivity index is 2.03. The van der Waals surface area contributed by atoms with Crippen molar-refractivity contribution >= 4 is 29.7 Å². The molecule has 0 aromatic carbocycles. The largest absolute Gasteiger partial charge is 0.465 e. The van der Waals surface area contributed by atoms with Crippen LogP contribution in [-0.4, -0.2) is 105 Å². The van der Waals surface area contributed by atoms with Crippen molar-refractivity contribution in [1.29, 1.82) is 0 Å². The van der Waals surface area contributed by atoms with Crippen LogP contribution >= 0.6 is 0 Å². The molecule has 2 unspecified atom stereocenters. The molecule has 13 nitrogen and oxygen atoms in total. The fourth-order valence-corrected chi connectivity index (χ4v) is 4.07. The summed E-state index contributed by atoms with van der Waals surface area (Å²) in [5, 5.41) is 32.7. The van der Waals surface area contributed by atoms with Crippen LogP contribution < -0.4 is 16.4 Å². The van der Waals surface area contributed by atoms with E-state index >= 15 is 0 Å². The molecule has 32 heavy (non-hydrogen) atoms. The monoisotopic (exact) mass is 457 g/mol. The molecule has 6 atom stereocenters. The summed E-state index contributed by atoms with van der Waals surface area (Å²) in [5.41, 5.74) is 5.19. The molecule has 2 aliphatic heterocycles. The van der Waals surface area contributed by atoms with E-state index in [1.165, 1.54) is 23.6 Å². The second-order valence-electron chi connectivity index (χ2n) is 8.26. The van der Waals surface area contributed by atoms with Crippen LogP contribution in [0, 0.1) is 5.92 Å². The lowest BCUT2D eigenvalue weighted by Crippen LogP contribution is -2.57. The highest BCUT2D eigenvalue weighted by Gasteiger charge is 2.43. The number of hydrogen-bond donors (Lipinski definition) is 6. The van der Waals surface area contributed by atoms with E-state index in [1.807, 2.05) is 5.32 Å². The van der Waals surface area contributed by atoms with Crippen LogP contribution in [0.1, 0.15) is 33.1 Å². The number of hydrogen-bond acceptors (Lipinski definition) is 7. The van der Waals surface area contributed by atoms with E-state index in [1.54, 1.807) is 0 Å². The Kier molecular flexibility index (Phi) is 8.38. The molecule has 0 saturated carbocycles. The first-order valence-electron chi connectivity index (χ1n) is 10.5. The average Bonchev–Trinajstić information content (AvgIpc) is 3.37. The minimum atomic E-state index is -1.47. The summed E-state index contributed by atoms with van der Waals surface area (Å²) in [6, 6.07) is -3.46. The Hall–Kier alpha value is -2.93. The highest BCUT2D eigenvalue weighted by molar-refractivity contribution is 5.93. The van der Waals surface area contributed by atoms with E-state index in [2.05, 4.69) is 5.32 Å². The Morgan fingerprint density at radius 1 is 0.969 bits per heavy atom. The first-order chi connectivity index (χ1) is 14.9. The number of nitrogens with two attached hydrogens (primary N) is 1. The van der Waals surface area contributed by atoms with E-state index in [-0.39, 0.29) is 25.5 Å². The highest BCUT2D eigenvalue weighted by Crippen LogP contribution is 2.25. The number of aliphatic hydroxyl groups excluding tert-OH is 2. The van der Waals surface area contributed by atoms with Crippen molar-refractivity contribution in [2.75, 3.05) is 19.6 Å². The molecule has 2 fully saturated rings. The van der Waals surface area contributed by atoms with E-state index in [0.717, 1.165) is 0 Å². The third-order valence-electron chi connectivity index (χ3n) is 5.81. The summed E-state index contributed by atoms with van der Waals surface area (Å²) in [7, 11) is 0. The fraction of sp³-hybridized carbons (Fsp3) is 0.737. The standard InChI is InChI=1S/C19H31N5O8/c1-9(25)13(15(20)27)21-16(28)11-5-7-23(8-11)17(29)12-4-3-6-24(12)18(30)14(10(2)26)22-19(31)32/h9-14,22,25-26H,3-8H2,1-2H3,(H2,20,27)(H,21,28)(H,31,32)/t9-,10-,11?,12?,13+,14+/m1/s1. The summed E-state index contributed by atoms with van der Waals surface area (Å²) in [6.45, 7) is 3.18. The molecule has 0 spiro atoms. The molecule has 180 valence electrons. The number of carboxylic acid groups (broad SMARTS) is 1. The van der Waals surface area contributed by atoms with Gasteiger partial charge in [-0.2, -0.15) is 0 Å². The average molecular weight is 457 g/mol. The van der Waals surface area contributed by atoms with Gasteiger partial charge in [-0.15, -0.1) is 0 Å². The van der Waals surface area contributed by atoms with Crippen LogP contribution in [0.15, 0.2) is 0 Å². The minimum absolute atomic E-state index is 0.0711. The first-order valence-corrected chi connectivity index (χ1v) is 10.5. The van der Waals surface area contributed by atoms with Crippen LogP contribution in [0.25, 0.3) is 0 Å². The van der Waals surface area contributed by atoms with E-state index < -0.39 is 60.1 Å². The van der Waals surface area contributed by atoms with E-state index in [9.17, 15) is 34.2 Å². The van der Waals surface area contributed by atoms with Gasteiger partial charge in [0, 0.05) is 19.6 Å². The minimum Gasteiger partial charge on any atom is -0.465 e. The predicted molar refractivity (Wildman–Crippen MR) is 109 cm³/mol. The third-order valence-corrected chi connectivity index (χ3v) is 5.81. The maximum atomic E-state index is 13.1. The zero-order chi connectivity index (χ0) is 24.2. The zero-order valence-electron chi connectivity index (χ0n) is 18.1. The number of aliphatic hydroxyl groups is 2. The van der Waals surface area contributed by atoms with Crippen molar-refractivity contribution < 1.29 is 39.3 Å². The molecule has 2 aliphatic rings. The van der Waals surface area contributed by atoms with Gasteiger partial charge in [0.05, 0.1) is 18.1 Å². The van der Waals surface area contributed by atoms with Gasteiger partial charge in [0.1, 0.15) is 18.1 Å². The lowest BCUT2D eigenvalue weighted by Gasteiger charge is -2.31. The Morgan fingerprint density at radius 2 is 1.59 bits per heavy atom. The molecule has 13 heteroatoms. The van der Waals surface area contributed by atoms with Crippen LogP contribution in [0.2, 0.25) is 0 Å². The molecule has 2 saturated heterocycles. The van der Waals surface area contributed by atoms with Crippen molar-refractivity contribution in [3.8, 4) is 0 Å². The second-order valence-corrected chi connectivity index (χ2v) is 8.26. The summed E-state index contributed by atoms with van der Waals surface area (Å²) in [5.74, 6) is -3.05. The van der Waals surface area contributed by atoms with E-state index in [0.29, 0.717) is 19.3 Å². The molecular formula is C19H31N5O8. The molecule has 7 N–H and O–H groups in total. The number of carbonyl (C=O) groups excluding carboxylic acids is 4. The van der Waals surface area contributed by atoms with Gasteiger partial charge < -0.3 is 41.5 Å². The van der Waals surface area contributed by atoms with Crippen molar-refractivity contribution in [3.63, 3.8) is 0 Å². The van der Waals surface area contributed by atoms with Gasteiger partial charge in [0.2, 0.25) is 23.6 Å². The molecule has 0 aliphatic carbocycles. The molecule has 0 bridgehead atoms. The van der Waals surface area contributed by atoms with Gasteiger partial charge in [-0.3, -0.25) is 19.2 Å². The lowest BCUT2D eigenvalue weighted by molar-refractivity contribution is -0.145. The first kappa shape index (κ1) is 25.3. The van der Waals surface area contributed by atoms with Gasteiger partial charge in [-0.1, -0.05) is 0 Å². The van der Waals surface area contributed by atoms with Crippen LogP contribution in [-0.2, 0) is 19.2 Å². The van der Waals surface area contributed by atoms with Crippen molar-refractivity contribution in [2.24, 2.45) is 11.7 Å². The normalized spacial score (nSPS) is 24.4. The molecule has 2 heterocycles. The molecule has 2 rings (SSSR count). The SMILES string of the molecule is C[C@@H](O)[C@H](NC(=O)C1CCN(C(=O)C2CCCN2C(=O)[C@@H](NC(=O)O)[C@@H](C)O)C1)C(N)=O. The highest BCUT2D eigenvalue weighted by atomic mass is 16.4. The Labute approximate surface area is 184 Å². The maximum absolute atomic E-state index is 13.1. The summed E-state index contributed by atoms with van der Waals surface area (Å²) >= 11 is 0. The number of carbonyl (C=O) groups is 5. The third kappa shape index (κ3) is 5.85. The Morgan fingerprint density at radius 3 is 2.12 bits per heavy atom. The number of likely N-dealkylation sites (tertiary alicyclic amines) is 2. The van der Waals surface area contributed by atoms with Gasteiger partial charge >= 0.3 is 6.09 Å². The predicted octanol–water partition coefficient (Wildman–Crippen LogP) is -2.81. The van der Waals surface area contributed by atoms with Gasteiger partial charge in [-0.25, -0.2) is 4.79 Å². The molecule has 0 radical (unpaired) electrons. The van der Waals surface area contributed by atoms with Crippen LogP contribution in [0.5, 0.6) is 0 Å².